The first kappa shape index (κ1) is 24.0. The molecule has 0 atom stereocenters. The third-order valence-electron chi connectivity index (χ3n) is 6.36. The quantitative estimate of drug-likeness (QED) is 0.456. The standard InChI is InChI=1S/C25H37NO4/c1-18(2)8-9-19-10-11-20(15-21(19)28)24(3,4)22(25(5)12-13-25)16-26(17-27)14-6-7-23(29)30/h10-11,15-18,28H,6-9,12-14H2,1-5H3,(H,29,30)/b22-16+. The zero-order valence-corrected chi connectivity index (χ0v) is 19.1. The van der Waals surface area contributed by atoms with Gasteiger partial charge in [0.2, 0.25) is 6.41 Å². The van der Waals surface area contributed by atoms with Crippen LogP contribution in [0.1, 0.15) is 77.8 Å². The summed E-state index contributed by atoms with van der Waals surface area (Å²) in [4.78, 5) is 24.0. The highest BCUT2D eigenvalue weighted by molar-refractivity contribution is 5.66. The SMILES string of the molecule is CC(C)CCc1ccc(C(C)(C)/C(=C\N(C=O)CCCC(=O)O)C2(C)CC2)cc1O. The summed E-state index contributed by atoms with van der Waals surface area (Å²) in [6.45, 7) is 11.2. The lowest BCUT2D eigenvalue weighted by Crippen LogP contribution is -2.29. The molecule has 0 aromatic heterocycles. The Labute approximate surface area is 180 Å². The number of nitrogens with zero attached hydrogens (tertiary/aromatic N) is 1. The van der Waals surface area contributed by atoms with Gasteiger partial charge in [0, 0.05) is 24.6 Å². The fourth-order valence-corrected chi connectivity index (χ4v) is 4.02. The second kappa shape index (κ2) is 9.67. The minimum Gasteiger partial charge on any atom is -0.508 e. The van der Waals surface area contributed by atoms with Crippen LogP contribution in [0.3, 0.4) is 0 Å². The number of carbonyl (C=O) groups excluding carboxylic acids is 1. The van der Waals surface area contributed by atoms with E-state index in [2.05, 4.69) is 40.7 Å². The number of carboxylic acid groups (broad SMARTS) is 1. The number of allylic oxidation sites excluding steroid dienone is 1. The van der Waals surface area contributed by atoms with Gasteiger partial charge in [0.25, 0.3) is 0 Å². The summed E-state index contributed by atoms with van der Waals surface area (Å²) >= 11 is 0. The fourth-order valence-electron chi connectivity index (χ4n) is 4.02. The predicted octanol–water partition coefficient (Wildman–Crippen LogP) is 5.27. The van der Waals surface area contributed by atoms with E-state index in [0.29, 0.717) is 24.6 Å². The van der Waals surface area contributed by atoms with Crippen molar-refractivity contribution in [1.29, 1.82) is 0 Å². The lowest BCUT2D eigenvalue weighted by molar-refractivity contribution is -0.137. The van der Waals surface area contributed by atoms with Gasteiger partial charge < -0.3 is 15.1 Å². The molecule has 2 rings (SSSR count). The molecule has 1 aromatic rings. The van der Waals surface area contributed by atoms with Crippen molar-refractivity contribution >= 4 is 12.4 Å². The van der Waals surface area contributed by atoms with Crippen LogP contribution in [-0.2, 0) is 21.4 Å². The first-order chi connectivity index (χ1) is 14.0. The summed E-state index contributed by atoms with van der Waals surface area (Å²) in [5, 5.41) is 19.5. The van der Waals surface area contributed by atoms with Gasteiger partial charge in [-0.2, -0.15) is 0 Å². The number of aromatic hydroxyl groups is 1. The Morgan fingerprint density at radius 2 is 1.97 bits per heavy atom. The molecule has 0 bridgehead atoms. The zero-order valence-electron chi connectivity index (χ0n) is 19.1. The Hall–Kier alpha value is -2.30. The van der Waals surface area contributed by atoms with Crippen molar-refractivity contribution in [3.05, 3.63) is 41.1 Å². The number of hydrogen-bond acceptors (Lipinski definition) is 3. The molecule has 0 aliphatic heterocycles. The number of phenols is 1. The second-order valence-corrected chi connectivity index (χ2v) is 9.84. The van der Waals surface area contributed by atoms with Crippen LogP contribution in [0.4, 0.5) is 0 Å². The predicted molar refractivity (Wildman–Crippen MR) is 119 cm³/mol. The van der Waals surface area contributed by atoms with E-state index < -0.39 is 5.97 Å². The summed E-state index contributed by atoms with van der Waals surface area (Å²) in [6.07, 6.45) is 7.14. The smallest absolute Gasteiger partial charge is 0.303 e. The molecule has 2 N–H and O–H groups in total. The maximum atomic E-state index is 11.6. The van der Waals surface area contributed by atoms with E-state index in [0.717, 1.165) is 48.8 Å². The van der Waals surface area contributed by atoms with Crippen molar-refractivity contribution in [3.63, 3.8) is 0 Å². The van der Waals surface area contributed by atoms with Gasteiger partial charge in [0.05, 0.1) is 0 Å². The van der Waals surface area contributed by atoms with E-state index in [1.807, 2.05) is 18.3 Å². The molecule has 1 amide bonds. The van der Waals surface area contributed by atoms with Crippen LogP contribution in [-0.4, -0.2) is 34.0 Å². The summed E-state index contributed by atoms with van der Waals surface area (Å²) in [5.41, 5.74) is 2.78. The number of phenolic OH excluding ortho intramolecular Hbond substituents is 1. The molecule has 0 spiro atoms. The summed E-state index contributed by atoms with van der Waals surface area (Å²) in [7, 11) is 0. The van der Waals surface area contributed by atoms with Crippen LogP contribution in [0, 0.1) is 11.3 Å². The zero-order chi connectivity index (χ0) is 22.5. The highest BCUT2D eigenvalue weighted by Crippen LogP contribution is 2.57. The maximum Gasteiger partial charge on any atom is 0.303 e. The van der Waals surface area contributed by atoms with Crippen molar-refractivity contribution in [2.75, 3.05) is 6.54 Å². The lowest BCUT2D eigenvalue weighted by Gasteiger charge is -2.34. The Balaban J connectivity index is 2.30. The van der Waals surface area contributed by atoms with E-state index in [9.17, 15) is 14.7 Å². The van der Waals surface area contributed by atoms with Crippen LogP contribution < -0.4 is 0 Å². The van der Waals surface area contributed by atoms with Gasteiger partial charge in [-0.1, -0.05) is 46.8 Å². The highest BCUT2D eigenvalue weighted by Gasteiger charge is 2.47. The molecule has 166 valence electrons. The normalized spacial score (nSPS) is 15.9. The number of rotatable bonds is 12. The van der Waals surface area contributed by atoms with Gasteiger partial charge >= 0.3 is 5.97 Å². The number of hydrogen-bond donors (Lipinski definition) is 2. The Morgan fingerprint density at radius 1 is 1.30 bits per heavy atom. The van der Waals surface area contributed by atoms with Crippen LogP contribution >= 0.6 is 0 Å². The van der Waals surface area contributed by atoms with E-state index in [1.165, 1.54) is 0 Å². The van der Waals surface area contributed by atoms with E-state index in [-0.39, 0.29) is 17.3 Å². The first-order valence-corrected chi connectivity index (χ1v) is 11.0. The van der Waals surface area contributed by atoms with Crippen LogP contribution in [0.2, 0.25) is 0 Å². The molecule has 0 heterocycles. The third-order valence-corrected chi connectivity index (χ3v) is 6.36. The van der Waals surface area contributed by atoms with Gasteiger partial charge in [-0.25, -0.2) is 0 Å². The molecular weight excluding hydrogens is 378 g/mol. The summed E-state index contributed by atoms with van der Waals surface area (Å²) in [6, 6.07) is 5.97. The molecule has 5 nitrogen and oxygen atoms in total. The molecular formula is C25H37NO4. The largest absolute Gasteiger partial charge is 0.508 e. The Morgan fingerprint density at radius 3 is 2.47 bits per heavy atom. The molecule has 1 fully saturated rings. The van der Waals surface area contributed by atoms with Gasteiger partial charge in [0.15, 0.2) is 0 Å². The van der Waals surface area contributed by atoms with Crippen molar-refractivity contribution in [3.8, 4) is 5.75 Å². The number of carboxylic acids is 1. The van der Waals surface area contributed by atoms with Crippen molar-refractivity contribution < 1.29 is 19.8 Å². The van der Waals surface area contributed by atoms with Crippen molar-refractivity contribution in [1.82, 2.24) is 4.90 Å². The lowest BCUT2D eigenvalue weighted by atomic mass is 9.71. The molecule has 1 saturated carbocycles. The van der Waals surface area contributed by atoms with Crippen molar-refractivity contribution in [2.45, 2.75) is 78.6 Å². The van der Waals surface area contributed by atoms with E-state index in [1.54, 1.807) is 4.90 Å². The van der Waals surface area contributed by atoms with Crippen LogP contribution in [0.15, 0.2) is 30.0 Å². The minimum atomic E-state index is -0.854. The molecule has 1 aliphatic rings. The maximum absolute atomic E-state index is 11.6. The summed E-state index contributed by atoms with van der Waals surface area (Å²) in [5.74, 6) is 0.0584. The molecule has 0 saturated heterocycles. The number of aryl methyl sites for hydroxylation is 1. The Kier molecular flexibility index (Phi) is 7.73. The van der Waals surface area contributed by atoms with Gasteiger partial charge in [-0.3, -0.25) is 9.59 Å². The van der Waals surface area contributed by atoms with Crippen molar-refractivity contribution in [2.24, 2.45) is 11.3 Å². The Bertz CT molecular complexity index is 790. The second-order valence-electron chi connectivity index (χ2n) is 9.84. The fraction of sp³-hybridized carbons (Fsp3) is 0.600. The third kappa shape index (κ3) is 6.10. The van der Waals surface area contributed by atoms with Crippen LogP contribution in [0.25, 0.3) is 0 Å². The summed E-state index contributed by atoms with van der Waals surface area (Å²) < 4.78 is 0. The molecule has 0 radical (unpaired) electrons. The molecule has 1 aliphatic carbocycles. The molecule has 30 heavy (non-hydrogen) atoms. The van der Waals surface area contributed by atoms with Gasteiger partial charge in [-0.15, -0.1) is 0 Å². The first-order valence-electron chi connectivity index (χ1n) is 11.0. The minimum absolute atomic E-state index is 0.0174. The van der Waals surface area contributed by atoms with Gasteiger partial charge in [0.1, 0.15) is 5.75 Å². The number of benzene rings is 1. The number of carbonyl (C=O) groups is 2. The number of aliphatic carboxylic acids is 1. The van der Waals surface area contributed by atoms with Crippen LogP contribution in [0.5, 0.6) is 5.75 Å². The molecule has 0 unspecified atom stereocenters. The van der Waals surface area contributed by atoms with Gasteiger partial charge in [-0.05, 0) is 66.2 Å². The average molecular weight is 416 g/mol. The van der Waals surface area contributed by atoms with E-state index in [4.69, 9.17) is 5.11 Å². The molecule has 1 aromatic carbocycles. The highest BCUT2D eigenvalue weighted by atomic mass is 16.4. The molecule has 5 heteroatoms. The topological polar surface area (TPSA) is 77.8 Å². The number of amides is 1. The average Bonchev–Trinajstić information content (AvgIpc) is 3.40. The van der Waals surface area contributed by atoms with E-state index >= 15 is 0 Å². The monoisotopic (exact) mass is 415 g/mol.